The number of ether oxygens (including phenoxy) is 2. The summed E-state index contributed by atoms with van der Waals surface area (Å²) in [6.07, 6.45) is 0. The first-order chi connectivity index (χ1) is 8.04. The normalized spacial score (nSPS) is 9.76. The Morgan fingerprint density at radius 3 is 2.65 bits per heavy atom. The van der Waals surface area contributed by atoms with E-state index < -0.39 is 24.4 Å². The maximum atomic E-state index is 12.7. The highest BCUT2D eigenvalue weighted by atomic mass is 19.1. The van der Waals surface area contributed by atoms with Crippen LogP contribution < -0.4 is 5.73 Å². The monoisotopic (exact) mass is 241 g/mol. The van der Waals surface area contributed by atoms with Crippen LogP contribution in [-0.4, -0.2) is 25.2 Å². The van der Waals surface area contributed by atoms with Gasteiger partial charge >= 0.3 is 11.9 Å². The zero-order valence-corrected chi connectivity index (χ0v) is 9.23. The minimum atomic E-state index is -0.796. The number of carbonyl (C=O) groups excluding carboxylic acids is 2. The number of anilines is 1. The molecule has 0 aromatic heterocycles. The zero-order valence-electron chi connectivity index (χ0n) is 9.23. The quantitative estimate of drug-likeness (QED) is 0.631. The topological polar surface area (TPSA) is 78.6 Å². The Morgan fingerprint density at radius 1 is 1.35 bits per heavy atom. The van der Waals surface area contributed by atoms with Gasteiger partial charge in [-0.2, -0.15) is 0 Å². The highest BCUT2D eigenvalue weighted by Gasteiger charge is 2.13. The molecule has 0 saturated heterocycles. The van der Waals surface area contributed by atoms with E-state index in [2.05, 4.69) is 9.47 Å². The third-order valence-electron chi connectivity index (χ3n) is 1.86. The molecule has 0 spiro atoms. The number of benzene rings is 1. The smallest absolute Gasteiger partial charge is 0.344 e. The second kappa shape index (κ2) is 5.83. The molecule has 1 aromatic carbocycles. The van der Waals surface area contributed by atoms with Crippen LogP contribution in [0.1, 0.15) is 17.3 Å². The number of nitrogen functional groups attached to an aromatic ring is 1. The van der Waals surface area contributed by atoms with Crippen molar-refractivity contribution in [1.82, 2.24) is 0 Å². The Labute approximate surface area is 97.3 Å². The summed E-state index contributed by atoms with van der Waals surface area (Å²) in [4.78, 5) is 22.4. The molecule has 0 aliphatic rings. The van der Waals surface area contributed by atoms with Gasteiger partial charge in [-0.3, -0.25) is 0 Å². The molecule has 0 aliphatic carbocycles. The van der Waals surface area contributed by atoms with Crippen LogP contribution in [0.5, 0.6) is 0 Å². The molecule has 1 aromatic rings. The fourth-order valence-electron chi connectivity index (χ4n) is 1.12. The maximum absolute atomic E-state index is 12.7. The molecule has 0 aliphatic heterocycles. The van der Waals surface area contributed by atoms with Crippen LogP contribution in [-0.2, 0) is 14.3 Å². The molecule has 0 saturated carbocycles. The van der Waals surface area contributed by atoms with E-state index in [-0.39, 0.29) is 17.9 Å². The van der Waals surface area contributed by atoms with Gasteiger partial charge in [0.1, 0.15) is 5.82 Å². The molecule has 6 heteroatoms. The van der Waals surface area contributed by atoms with Crippen LogP contribution in [0.25, 0.3) is 0 Å². The number of esters is 2. The van der Waals surface area contributed by atoms with Gasteiger partial charge in [-0.25, -0.2) is 14.0 Å². The Bertz CT molecular complexity index is 433. The molecule has 2 N–H and O–H groups in total. The van der Waals surface area contributed by atoms with Crippen LogP contribution >= 0.6 is 0 Å². The largest absolute Gasteiger partial charge is 0.463 e. The van der Waals surface area contributed by atoms with Crippen molar-refractivity contribution in [1.29, 1.82) is 0 Å². The molecule has 5 nitrogen and oxygen atoms in total. The number of nitrogens with two attached hydrogens (primary N) is 1. The van der Waals surface area contributed by atoms with E-state index in [9.17, 15) is 14.0 Å². The molecule has 0 fully saturated rings. The third-order valence-corrected chi connectivity index (χ3v) is 1.86. The zero-order chi connectivity index (χ0) is 12.8. The molecule has 0 atom stereocenters. The molecule has 0 heterocycles. The van der Waals surface area contributed by atoms with Crippen molar-refractivity contribution in [3.05, 3.63) is 29.6 Å². The second-order valence-electron chi connectivity index (χ2n) is 3.11. The predicted octanol–water partition coefficient (Wildman–Crippen LogP) is 1.13. The van der Waals surface area contributed by atoms with Crippen molar-refractivity contribution < 1.29 is 23.5 Å². The lowest BCUT2D eigenvalue weighted by atomic mass is 10.2. The van der Waals surface area contributed by atoms with Gasteiger partial charge in [0.2, 0.25) is 0 Å². The summed E-state index contributed by atoms with van der Waals surface area (Å²) in [6.45, 7) is 1.34. The Morgan fingerprint density at radius 2 is 2.06 bits per heavy atom. The first-order valence-corrected chi connectivity index (χ1v) is 4.92. The maximum Gasteiger partial charge on any atom is 0.344 e. The first-order valence-electron chi connectivity index (χ1n) is 4.92. The van der Waals surface area contributed by atoms with Crippen molar-refractivity contribution in [2.75, 3.05) is 18.9 Å². The molecule has 1 rings (SSSR count). The molecule has 0 unspecified atom stereocenters. The molecule has 92 valence electrons. The van der Waals surface area contributed by atoms with Gasteiger partial charge in [-0.1, -0.05) is 0 Å². The summed E-state index contributed by atoms with van der Waals surface area (Å²) in [5.41, 5.74) is 5.40. The molecular weight excluding hydrogens is 229 g/mol. The first kappa shape index (κ1) is 13.0. The molecule has 17 heavy (non-hydrogen) atoms. The van der Waals surface area contributed by atoms with E-state index in [0.29, 0.717) is 0 Å². The van der Waals surface area contributed by atoms with Crippen LogP contribution in [0, 0.1) is 5.82 Å². The Kier molecular flexibility index (Phi) is 4.45. The van der Waals surface area contributed by atoms with Gasteiger partial charge in [0, 0.05) is 5.69 Å². The van der Waals surface area contributed by atoms with Crippen molar-refractivity contribution >= 4 is 17.6 Å². The van der Waals surface area contributed by atoms with Gasteiger partial charge in [0.05, 0.1) is 12.2 Å². The average Bonchev–Trinajstić information content (AvgIpc) is 2.26. The highest BCUT2D eigenvalue weighted by Crippen LogP contribution is 2.14. The molecule has 0 radical (unpaired) electrons. The summed E-state index contributed by atoms with van der Waals surface area (Å²) >= 11 is 0. The number of halogens is 1. The minimum Gasteiger partial charge on any atom is -0.463 e. The second-order valence-corrected chi connectivity index (χ2v) is 3.11. The SMILES string of the molecule is CCOC(=O)COC(=O)c1ccc(F)cc1N. The van der Waals surface area contributed by atoms with Crippen molar-refractivity contribution in [3.63, 3.8) is 0 Å². The van der Waals surface area contributed by atoms with Gasteiger partial charge in [-0.05, 0) is 25.1 Å². The van der Waals surface area contributed by atoms with E-state index in [1.165, 1.54) is 6.07 Å². The number of hydrogen-bond donors (Lipinski definition) is 1. The van der Waals surface area contributed by atoms with E-state index in [4.69, 9.17) is 5.73 Å². The fraction of sp³-hybridized carbons (Fsp3) is 0.273. The number of hydrogen-bond acceptors (Lipinski definition) is 5. The fourth-order valence-corrected chi connectivity index (χ4v) is 1.12. The average molecular weight is 241 g/mol. The van der Waals surface area contributed by atoms with Crippen molar-refractivity contribution in [3.8, 4) is 0 Å². The van der Waals surface area contributed by atoms with E-state index in [0.717, 1.165) is 12.1 Å². The van der Waals surface area contributed by atoms with E-state index >= 15 is 0 Å². The number of rotatable bonds is 4. The summed E-state index contributed by atoms with van der Waals surface area (Å²) in [6, 6.07) is 3.27. The van der Waals surface area contributed by atoms with Crippen LogP contribution in [0.4, 0.5) is 10.1 Å². The minimum absolute atomic E-state index is 0.00991. The lowest BCUT2D eigenvalue weighted by Crippen LogP contribution is -2.17. The standard InChI is InChI=1S/C11H12FNO4/c1-2-16-10(14)6-17-11(15)8-4-3-7(12)5-9(8)13/h3-5H,2,6,13H2,1H3. The lowest BCUT2D eigenvalue weighted by molar-refractivity contribution is -0.146. The third kappa shape index (κ3) is 3.75. The van der Waals surface area contributed by atoms with Gasteiger partial charge in [0.15, 0.2) is 6.61 Å². The lowest BCUT2D eigenvalue weighted by Gasteiger charge is -2.06. The van der Waals surface area contributed by atoms with Gasteiger partial charge in [-0.15, -0.1) is 0 Å². The summed E-state index contributed by atoms with van der Waals surface area (Å²) in [5.74, 6) is -2.00. The van der Waals surface area contributed by atoms with Crippen LogP contribution in [0.2, 0.25) is 0 Å². The van der Waals surface area contributed by atoms with Crippen LogP contribution in [0.3, 0.4) is 0 Å². The van der Waals surface area contributed by atoms with Crippen molar-refractivity contribution in [2.24, 2.45) is 0 Å². The predicted molar refractivity (Wildman–Crippen MR) is 57.7 cm³/mol. The van der Waals surface area contributed by atoms with Crippen LogP contribution in [0.15, 0.2) is 18.2 Å². The summed E-state index contributed by atoms with van der Waals surface area (Å²) in [7, 11) is 0. The van der Waals surface area contributed by atoms with E-state index in [1.807, 2.05) is 0 Å². The highest BCUT2D eigenvalue weighted by molar-refractivity contribution is 5.95. The van der Waals surface area contributed by atoms with Gasteiger partial charge < -0.3 is 15.2 Å². The number of carbonyl (C=O) groups is 2. The summed E-state index contributed by atoms with van der Waals surface area (Å²) < 4.78 is 21.9. The Balaban J connectivity index is 2.61. The summed E-state index contributed by atoms with van der Waals surface area (Å²) in [5, 5.41) is 0. The van der Waals surface area contributed by atoms with E-state index in [1.54, 1.807) is 6.92 Å². The molecular formula is C11H12FNO4. The van der Waals surface area contributed by atoms with Crippen molar-refractivity contribution in [2.45, 2.75) is 6.92 Å². The molecule has 0 bridgehead atoms. The van der Waals surface area contributed by atoms with Gasteiger partial charge in [0.25, 0.3) is 0 Å². The Hall–Kier alpha value is -2.11. The molecule has 0 amide bonds.